The number of esters is 1. The van der Waals surface area contributed by atoms with Gasteiger partial charge in [-0.05, 0) is 35.8 Å². The summed E-state index contributed by atoms with van der Waals surface area (Å²) >= 11 is 2.26. The Hall–Kier alpha value is -0.880. The van der Waals surface area contributed by atoms with Crippen molar-refractivity contribution in [2.75, 3.05) is 13.7 Å². The Kier molecular flexibility index (Phi) is 5.42. The zero-order valence-corrected chi connectivity index (χ0v) is 15.9. The largest absolute Gasteiger partial charge is 0.469 e. The number of nitrogens with zero attached hydrogens (tertiary/aromatic N) is 1. The molecule has 2 bridgehead atoms. The second kappa shape index (κ2) is 7.34. The van der Waals surface area contributed by atoms with Gasteiger partial charge in [-0.3, -0.25) is 9.69 Å². The molecule has 0 amide bonds. The minimum atomic E-state index is -0.0518. The molecule has 2 saturated heterocycles. The number of halogens is 1. The molecule has 0 radical (unpaired) electrons. The van der Waals surface area contributed by atoms with Crippen molar-refractivity contribution in [2.45, 2.75) is 44.2 Å². The monoisotopic (exact) mass is 425 g/mol. The Morgan fingerprint density at radius 2 is 2.09 bits per heavy atom. The van der Waals surface area contributed by atoms with Gasteiger partial charge in [-0.25, -0.2) is 0 Å². The topological polar surface area (TPSA) is 29.5 Å². The summed E-state index contributed by atoms with van der Waals surface area (Å²) in [6, 6.07) is 9.57. The highest BCUT2D eigenvalue weighted by molar-refractivity contribution is 14.1. The average molecular weight is 425 g/mol. The van der Waals surface area contributed by atoms with Gasteiger partial charge in [0.05, 0.1) is 13.0 Å². The fraction of sp³-hybridized carbons (Fsp3) is 0.526. The first-order valence-electron chi connectivity index (χ1n) is 8.31. The predicted molar refractivity (Wildman–Crippen MR) is 101 cm³/mol. The molecule has 1 aromatic carbocycles. The molecule has 2 heterocycles. The highest BCUT2D eigenvalue weighted by Crippen LogP contribution is 2.47. The van der Waals surface area contributed by atoms with E-state index in [0.717, 1.165) is 19.4 Å². The van der Waals surface area contributed by atoms with Gasteiger partial charge in [-0.1, -0.05) is 58.5 Å². The lowest BCUT2D eigenvalue weighted by molar-refractivity contribution is -0.150. The Balaban J connectivity index is 1.91. The van der Waals surface area contributed by atoms with E-state index in [-0.39, 0.29) is 17.8 Å². The fourth-order valence-electron chi connectivity index (χ4n) is 4.37. The van der Waals surface area contributed by atoms with Gasteiger partial charge in [-0.15, -0.1) is 0 Å². The molecule has 0 aliphatic carbocycles. The van der Waals surface area contributed by atoms with Crippen molar-refractivity contribution < 1.29 is 9.53 Å². The molecule has 2 aliphatic heterocycles. The molecule has 2 aliphatic rings. The molecule has 4 atom stereocenters. The normalized spacial score (nSPS) is 30.7. The van der Waals surface area contributed by atoms with Crippen LogP contribution < -0.4 is 0 Å². The van der Waals surface area contributed by atoms with E-state index < -0.39 is 0 Å². The Morgan fingerprint density at radius 3 is 2.74 bits per heavy atom. The maximum absolute atomic E-state index is 12.6. The maximum atomic E-state index is 12.6. The molecule has 3 rings (SSSR count). The van der Waals surface area contributed by atoms with Crippen LogP contribution in [-0.4, -0.2) is 36.6 Å². The van der Waals surface area contributed by atoms with Crippen LogP contribution in [0.4, 0.5) is 0 Å². The van der Waals surface area contributed by atoms with Gasteiger partial charge >= 0.3 is 5.97 Å². The van der Waals surface area contributed by atoms with Crippen molar-refractivity contribution in [3.05, 3.63) is 45.6 Å². The highest BCUT2D eigenvalue weighted by atomic mass is 127. The number of benzene rings is 1. The quantitative estimate of drug-likeness (QED) is 0.539. The van der Waals surface area contributed by atoms with Gasteiger partial charge in [0.25, 0.3) is 0 Å². The highest BCUT2D eigenvalue weighted by Gasteiger charge is 2.50. The van der Waals surface area contributed by atoms with Crippen molar-refractivity contribution >= 4 is 28.6 Å². The van der Waals surface area contributed by atoms with Gasteiger partial charge in [0, 0.05) is 24.5 Å². The number of carbonyl (C=O) groups excluding carboxylic acids is 1. The molecule has 0 saturated carbocycles. The third-order valence-electron chi connectivity index (χ3n) is 5.45. The molecule has 124 valence electrons. The molecular weight excluding hydrogens is 401 g/mol. The molecule has 23 heavy (non-hydrogen) atoms. The fourth-order valence-corrected chi connectivity index (χ4v) is 4.60. The summed E-state index contributed by atoms with van der Waals surface area (Å²) in [5.41, 5.74) is 2.54. The first kappa shape index (κ1) is 17.0. The van der Waals surface area contributed by atoms with Crippen LogP contribution in [0.2, 0.25) is 0 Å². The van der Waals surface area contributed by atoms with Gasteiger partial charge in [-0.2, -0.15) is 0 Å². The molecule has 0 unspecified atom stereocenters. The zero-order chi connectivity index (χ0) is 16.4. The summed E-state index contributed by atoms with van der Waals surface area (Å²) in [7, 11) is 1.52. The SMILES string of the molecule is COC(=O)[C@H]1[C@@H](c2ccc(C)cc2)C[C@H]2CC[C@@H]1N2C/C=C/I. The lowest BCUT2D eigenvalue weighted by Gasteiger charge is -2.43. The van der Waals surface area contributed by atoms with Crippen LogP contribution in [0, 0.1) is 12.8 Å². The predicted octanol–water partition coefficient (Wildman–Crippen LogP) is 4.05. The number of ether oxygens (including phenoxy) is 1. The van der Waals surface area contributed by atoms with E-state index in [4.69, 9.17) is 4.74 Å². The minimum Gasteiger partial charge on any atom is -0.469 e. The van der Waals surface area contributed by atoms with Crippen LogP contribution in [0.5, 0.6) is 0 Å². The molecule has 1 aromatic rings. The average Bonchev–Trinajstić information content (AvgIpc) is 2.84. The van der Waals surface area contributed by atoms with Gasteiger partial charge < -0.3 is 4.74 Å². The van der Waals surface area contributed by atoms with Crippen LogP contribution >= 0.6 is 22.6 Å². The molecule has 0 N–H and O–H groups in total. The number of hydrogen-bond acceptors (Lipinski definition) is 3. The number of rotatable bonds is 4. The molecular formula is C19H24INO2. The van der Waals surface area contributed by atoms with Crippen LogP contribution in [0.25, 0.3) is 0 Å². The summed E-state index contributed by atoms with van der Waals surface area (Å²) in [5, 5.41) is 0. The van der Waals surface area contributed by atoms with Gasteiger partial charge in [0.2, 0.25) is 0 Å². The Bertz CT molecular complexity index is 584. The number of fused-ring (bicyclic) bond motifs is 2. The van der Waals surface area contributed by atoms with Crippen molar-refractivity contribution in [3.8, 4) is 0 Å². The third-order valence-corrected chi connectivity index (χ3v) is 5.96. The van der Waals surface area contributed by atoms with Crippen molar-refractivity contribution in [1.82, 2.24) is 4.90 Å². The maximum Gasteiger partial charge on any atom is 0.310 e. The summed E-state index contributed by atoms with van der Waals surface area (Å²) in [4.78, 5) is 15.1. The zero-order valence-electron chi connectivity index (χ0n) is 13.7. The first-order chi connectivity index (χ1) is 11.2. The molecule has 4 heteroatoms. The van der Waals surface area contributed by atoms with Gasteiger partial charge in [0.1, 0.15) is 0 Å². The standard InChI is InChI=1S/C19H24INO2/c1-13-4-6-14(7-5-13)16-12-15-8-9-17(18(16)19(22)23-2)21(15)11-3-10-20/h3-7,10,15-18H,8-9,11-12H2,1-2H3/b10-3+/t15-,16-,17+,18+/m1/s1. The number of piperidine rings is 1. The molecule has 3 nitrogen and oxygen atoms in total. The molecule has 0 spiro atoms. The molecule has 2 fully saturated rings. The van der Waals surface area contributed by atoms with E-state index in [0.29, 0.717) is 12.1 Å². The van der Waals surface area contributed by atoms with E-state index in [1.807, 2.05) is 0 Å². The van der Waals surface area contributed by atoms with E-state index in [1.54, 1.807) is 0 Å². The second-order valence-corrected chi connectivity index (χ2v) is 7.38. The lowest BCUT2D eigenvalue weighted by atomic mass is 9.76. The summed E-state index contributed by atoms with van der Waals surface area (Å²) in [6.07, 6.45) is 5.53. The van der Waals surface area contributed by atoms with E-state index in [2.05, 4.69) is 68.8 Å². The number of hydrogen-bond donors (Lipinski definition) is 0. The van der Waals surface area contributed by atoms with E-state index in [1.165, 1.54) is 24.7 Å². The van der Waals surface area contributed by atoms with E-state index in [9.17, 15) is 4.79 Å². The Labute approximate surface area is 152 Å². The van der Waals surface area contributed by atoms with E-state index >= 15 is 0 Å². The summed E-state index contributed by atoms with van der Waals surface area (Å²) in [6.45, 7) is 3.04. The van der Waals surface area contributed by atoms with Crippen LogP contribution in [0.3, 0.4) is 0 Å². The smallest absolute Gasteiger partial charge is 0.310 e. The summed E-state index contributed by atoms with van der Waals surface area (Å²) in [5.74, 6) is 0.175. The van der Waals surface area contributed by atoms with Crippen molar-refractivity contribution in [1.29, 1.82) is 0 Å². The minimum absolute atomic E-state index is 0.0515. The van der Waals surface area contributed by atoms with Crippen molar-refractivity contribution in [2.24, 2.45) is 5.92 Å². The Morgan fingerprint density at radius 1 is 1.35 bits per heavy atom. The van der Waals surface area contributed by atoms with Crippen LogP contribution in [0.15, 0.2) is 34.4 Å². The number of aryl methyl sites for hydroxylation is 1. The number of methoxy groups -OCH3 is 1. The summed E-state index contributed by atoms with van der Waals surface area (Å²) < 4.78 is 7.25. The third kappa shape index (κ3) is 3.33. The number of carbonyl (C=O) groups is 1. The van der Waals surface area contributed by atoms with Crippen LogP contribution in [0.1, 0.15) is 36.3 Å². The van der Waals surface area contributed by atoms with Crippen molar-refractivity contribution in [3.63, 3.8) is 0 Å². The lowest BCUT2D eigenvalue weighted by Crippen LogP contribution is -2.50. The molecule has 0 aromatic heterocycles. The first-order valence-corrected chi connectivity index (χ1v) is 9.55. The van der Waals surface area contributed by atoms with Gasteiger partial charge in [0.15, 0.2) is 0 Å². The second-order valence-electron chi connectivity index (χ2n) is 6.66. The van der Waals surface area contributed by atoms with Crippen LogP contribution in [-0.2, 0) is 9.53 Å².